The molecule has 1 aliphatic heterocycles. The maximum Gasteiger partial charge on any atom is 0.337 e. The van der Waals surface area contributed by atoms with Crippen LogP contribution in [0.15, 0.2) is 99.3 Å². The van der Waals surface area contributed by atoms with Gasteiger partial charge in [-0.3, -0.25) is 4.79 Å². The first kappa shape index (κ1) is 25.9. The second-order valence-electron chi connectivity index (χ2n) is 8.38. The third kappa shape index (κ3) is 6.13. The van der Waals surface area contributed by atoms with Gasteiger partial charge in [-0.25, -0.2) is 4.79 Å². The highest BCUT2D eigenvalue weighted by Gasteiger charge is 2.37. The predicted molar refractivity (Wildman–Crippen MR) is 143 cm³/mol. The quantitative estimate of drug-likeness (QED) is 0.356. The lowest BCUT2D eigenvalue weighted by molar-refractivity contribution is -0.140. The molecule has 0 radical (unpaired) electrons. The zero-order valence-electron chi connectivity index (χ0n) is 20.6. The van der Waals surface area contributed by atoms with E-state index in [1.54, 1.807) is 19.1 Å². The first-order chi connectivity index (χ1) is 18.0. The summed E-state index contributed by atoms with van der Waals surface area (Å²) in [5.41, 5.74) is 3.80. The molecule has 2 heterocycles. The standard InChI is InChI=1S/C29H27N3O4S/c1-3-21-12-7-8-13-23(21)32-25(33)18-37-28-22(16-30)27(24-14-9-15-35-24)26(19(2)31-28)29(34)36-17-20-10-5-4-6-11-20/h4-15,27,31H,3,17-18H2,1-2H3,(H,32,33)/t27-/m1/s1. The lowest BCUT2D eigenvalue weighted by Gasteiger charge is -2.28. The monoisotopic (exact) mass is 513 g/mol. The van der Waals surface area contributed by atoms with Gasteiger partial charge in [-0.2, -0.15) is 5.26 Å². The van der Waals surface area contributed by atoms with Crippen molar-refractivity contribution in [2.75, 3.05) is 11.1 Å². The predicted octanol–water partition coefficient (Wildman–Crippen LogP) is 5.65. The normalized spacial score (nSPS) is 15.1. The summed E-state index contributed by atoms with van der Waals surface area (Å²) in [6, 6.07) is 22.7. The van der Waals surface area contributed by atoms with E-state index in [1.807, 2.05) is 61.5 Å². The number of carbonyl (C=O) groups excluding carboxylic acids is 2. The highest BCUT2D eigenvalue weighted by Crippen LogP contribution is 2.41. The highest BCUT2D eigenvalue weighted by atomic mass is 32.2. The van der Waals surface area contributed by atoms with Crippen LogP contribution in [0.4, 0.5) is 5.69 Å². The number of allylic oxidation sites excluding steroid dienone is 2. The molecule has 3 aromatic rings. The van der Waals surface area contributed by atoms with Crippen LogP contribution in [0, 0.1) is 11.3 Å². The average molecular weight is 514 g/mol. The number of nitrogens with zero attached hydrogens (tertiary/aromatic N) is 1. The Labute approximate surface area is 220 Å². The van der Waals surface area contributed by atoms with Crippen LogP contribution in [0.3, 0.4) is 0 Å². The smallest absolute Gasteiger partial charge is 0.337 e. The van der Waals surface area contributed by atoms with E-state index in [0.717, 1.165) is 23.2 Å². The Morgan fingerprint density at radius 3 is 2.57 bits per heavy atom. The SMILES string of the molecule is CCc1ccccc1NC(=O)CSC1=C(C#N)[C@H](c2ccco2)C(C(=O)OCc2ccccc2)=C(C)N1. The molecule has 2 aromatic carbocycles. The minimum atomic E-state index is -0.754. The lowest BCUT2D eigenvalue weighted by atomic mass is 9.86. The van der Waals surface area contributed by atoms with Crippen LogP contribution >= 0.6 is 11.8 Å². The Morgan fingerprint density at radius 2 is 1.86 bits per heavy atom. The van der Waals surface area contributed by atoms with Crippen molar-refractivity contribution in [2.45, 2.75) is 32.8 Å². The van der Waals surface area contributed by atoms with Gasteiger partial charge in [0.1, 0.15) is 12.4 Å². The number of ether oxygens (including phenoxy) is 1. The van der Waals surface area contributed by atoms with Crippen molar-refractivity contribution in [1.29, 1.82) is 5.26 Å². The van der Waals surface area contributed by atoms with E-state index in [0.29, 0.717) is 27.6 Å². The van der Waals surface area contributed by atoms with Gasteiger partial charge in [0.15, 0.2) is 0 Å². The third-order valence-electron chi connectivity index (χ3n) is 5.93. The number of thioether (sulfide) groups is 1. The van der Waals surface area contributed by atoms with Crippen molar-refractivity contribution < 1.29 is 18.7 Å². The summed E-state index contributed by atoms with van der Waals surface area (Å²) in [5, 5.41) is 16.7. The molecule has 188 valence electrons. The van der Waals surface area contributed by atoms with E-state index < -0.39 is 11.9 Å². The largest absolute Gasteiger partial charge is 0.468 e. The molecule has 4 rings (SSSR count). The second kappa shape index (κ2) is 12.2. The van der Waals surface area contributed by atoms with Crippen molar-refractivity contribution in [1.82, 2.24) is 5.32 Å². The molecular weight excluding hydrogens is 486 g/mol. The number of nitriles is 1. The lowest BCUT2D eigenvalue weighted by Crippen LogP contribution is -2.29. The van der Waals surface area contributed by atoms with Crippen LogP contribution in [0.5, 0.6) is 0 Å². The van der Waals surface area contributed by atoms with Gasteiger partial charge in [0.05, 0.1) is 40.2 Å². The molecule has 0 aliphatic carbocycles. The fourth-order valence-electron chi connectivity index (χ4n) is 4.11. The van der Waals surface area contributed by atoms with E-state index in [2.05, 4.69) is 16.7 Å². The summed E-state index contributed by atoms with van der Waals surface area (Å²) in [7, 11) is 0. The third-order valence-corrected chi connectivity index (χ3v) is 6.94. The van der Waals surface area contributed by atoms with E-state index in [9.17, 15) is 14.9 Å². The van der Waals surface area contributed by atoms with Gasteiger partial charge < -0.3 is 19.8 Å². The molecule has 0 spiro atoms. The number of anilines is 1. The fraction of sp³-hybridized carbons (Fsp3) is 0.207. The number of rotatable bonds is 9. The number of para-hydroxylation sites is 1. The van der Waals surface area contributed by atoms with Crippen LogP contribution in [0.2, 0.25) is 0 Å². The zero-order chi connectivity index (χ0) is 26.2. The molecule has 8 heteroatoms. The first-order valence-electron chi connectivity index (χ1n) is 11.9. The maximum absolute atomic E-state index is 13.2. The average Bonchev–Trinajstić information content (AvgIpc) is 3.46. The molecule has 0 saturated heterocycles. The van der Waals surface area contributed by atoms with Crippen LogP contribution in [0.1, 0.15) is 36.7 Å². The maximum atomic E-state index is 13.2. The number of esters is 1. The van der Waals surface area contributed by atoms with Crippen molar-refractivity contribution in [3.05, 3.63) is 112 Å². The molecule has 0 fully saturated rings. The van der Waals surface area contributed by atoms with Gasteiger partial charge in [0.2, 0.25) is 5.91 Å². The number of carbonyl (C=O) groups is 2. The molecule has 1 amide bonds. The number of aryl methyl sites for hydroxylation is 1. The van der Waals surface area contributed by atoms with Crippen molar-refractivity contribution in [2.24, 2.45) is 0 Å². The van der Waals surface area contributed by atoms with Gasteiger partial charge in [0, 0.05) is 11.4 Å². The first-order valence-corrected chi connectivity index (χ1v) is 12.9. The Kier molecular flexibility index (Phi) is 8.49. The van der Waals surface area contributed by atoms with Crippen LogP contribution in [-0.4, -0.2) is 17.6 Å². The zero-order valence-corrected chi connectivity index (χ0v) is 21.4. The molecule has 1 atom stereocenters. The molecule has 2 N–H and O–H groups in total. The molecule has 0 unspecified atom stereocenters. The number of furan rings is 1. The topological polar surface area (TPSA) is 104 Å². The minimum Gasteiger partial charge on any atom is -0.468 e. The Hall–Kier alpha value is -4.22. The Bertz CT molecular complexity index is 1370. The minimum absolute atomic E-state index is 0.0809. The second-order valence-corrected chi connectivity index (χ2v) is 9.36. The van der Waals surface area contributed by atoms with Crippen molar-refractivity contribution in [3.63, 3.8) is 0 Å². The van der Waals surface area contributed by atoms with Gasteiger partial charge in [-0.15, -0.1) is 0 Å². The molecule has 0 saturated carbocycles. The van der Waals surface area contributed by atoms with Crippen molar-refractivity contribution >= 4 is 29.3 Å². The summed E-state index contributed by atoms with van der Waals surface area (Å²) in [6.45, 7) is 3.89. The summed E-state index contributed by atoms with van der Waals surface area (Å²) >= 11 is 1.21. The summed E-state index contributed by atoms with van der Waals surface area (Å²) in [5.74, 6) is -0.959. The molecule has 0 bridgehead atoms. The van der Waals surface area contributed by atoms with E-state index >= 15 is 0 Å². The number of nitrogens with one attached hydrogen (secondary N) is 2. The van der Waals surface area contributed by atoms with Crippen LogP contribution < -0.4 is 10.6 Å². The van der Waals surface area contributed by atoms with E-state index in [4.69, 9.17) is 9.15 Å². The van der Waals surface area contributed by atoms with Gasteiger partial charge in [0.25, 0.3) is 0 Å². The van der Waals surface area contributed by atoms with Gasteiger partial charge >= 0.3 is 5.97 Å². The number of benzene rings is 2. The fourth-order valence-corrected chi connectivity index (χ4v) is 5.00. The molecule has 7 nitrogen and oxygen atoms in total. The Balaban J connectivity index is 1.54. The van der Waals surface area contributed by atoms with Gasteiger partial charge in [-0.05, 0) is 42.7 Å². The number of hydrogen-bond acceptors (Lipinski definition) is 7. The molecule has 1 aromatic heterocycles. The molecular formula is C29H27N3O4S. The number of hydrogen-bond donors (Lipinski definition) is 2. The molecule has 1 aliphatic rings. The van der Waals surface area contributed by atoms with Crippen molar-refractivity contribution in [3.8, 4) is 6.07 Å². The summed E-state index contributed by atoms with van der Waals surface area (Å²) in [6.07, 6.45) is 2.30. The van der Waals surface area contributed by atoms with E-state index in [-0.39, 0.29) is 18.3 Å². The number of dihydropyridines is 1. The summed E-state index contributed by atoms with van der Waals surface area (Å²) < 4.78 is 11.2. The van der Waals surface area contributed by atoms with Gasteiger partial charge in [-0.1, -0.05) is 67.2 Å². The van der Waals surface area contributed by atoms with Crippen LogP contribution in [-0.2, 0) is 27.4 Å². The van der Waals surface area contributed by atoms with E-state index in [1.165, 1.54) is 18.0 Å². The van der Waals surface area contributed by atoms with Crippen LogP contribution in [0.25, 0.3) is 0 Å². The highest BCUT2D eigenvalue weighted by molar-refractivity contribution is 8.03. The summed E-state index contributed by atoms with van der Waals surface area (Å²) in [4.78, 5) is 26.0. The Morgan fingerprint density at radius 1 is 1.11 bits per heavy atom. The molecule has 37 heavy (non-hydrogen) atoms. The number of amides is 1.